The van der Waals surface area contributed by atoms with Gasteiger partial charge in [0.15, 0.2) is 11.4 Å². The van der Waals surface area contributed by atoms with Gasteiger partial charge in [0.05, 0.1) is 10.5 Å². The monoisotopic (exact) mass is 533 g/mol. The first-order valence-corrected chi connectivity index (χ1v) is 13.1. The molecule has 7 nitrogen and oxygen atoms in total. The number of nitro benzene ring substituents is 1. The van der Waals surface area contributed by atoms with Crippen molar-refractivity contribution in [3.05, 3.63) is 125 Å². The number of hydrogen-bond acceptors (Lipinski definition) is 6. The first kappa shape index (κ1) is 23.1. The van der Waals surface area contributed by atoms with Gasteiger partial charge in [-0.15, -0.1) is 0 Å². The minimum atomic E-state index is -0.364. The highest BCUT2D eigenvalue weighted by Gasteiger charge is 2.23. The van der Waals surface area contributed by atoms with E-state index in [0.717, 1.165) is 38.5 Å². The van der Waals surface area contributed by atoms with Crippen molar-refractivity contribution in [2.45, 2.75) is 0 Å². The van der Waals surface area contributed by atoms with Crippen LogP contribution in [-0.4, -0.2) is 14.9 Å². The molecule has 0 radical (unpaired) electrons. The van der Waals surface area contributed by atoms with Crippen molar-refractivity contribution in [2.75, 3.05) is 0 Å². The Labute approximate surface area is 232 Å². The number of aromatic nitrogens is 2. The number of rotatable bonds is 4. The molecule has 0 spiro atoms. The summed E-state index contributed by atoms with van der Waals surface area (Å²) in [6.07, 6.45) is 0. The molecule has 3 aromatic heterocycles. The van der Waals surface area contributed by atoms with Crippen molar-refractivity contribution in [1.29, 1.82) is 0 Å². The van der Waals surface area contributed by atoms with E-state index in [-0.39, 0.29) is 10.6 Å². The first-order chi connectivity index (χ1) is 20.2. The van der Waals surface area contributed by atoms with Crippen LogP contribution in [0.1, 0.15) is 0 Å². The molecule has 8 rings (SSSR count). The normalized spacial score (nSPS) is 11.6. The molecule has 0 atom stereocenters. The molecule has 0 saturated carbocycles. The van der Waals surface area contributed by atoms with Crippen molar-refractivity contribution in [3.63, 3.8) is 0 Å². The SMILES string of the molecule is O=[N+]([O-])c1ccccc1-c1ccc2oc3c(-c4cccc5oc6ccccc6c45)nc(-c4ccccc4)nc3c2c1. The minimum absolute atomic E-state index is 0.0402. The quantitative estimate of drug-likeness (QED) is 0.165. The van der Waals surface area contributed by atoms with Gasteiger partial charge in [0.25, 0.3) is 5.69 Å². The van der Waals surface area contributed by atoms with Gasteiger partial charge in [-0.25, -0.2) is 9.97 Å². The number of nitro groups is 1. The predicted molar refractivity (Wildman–Crippen MR) is 160 cm³/mol. The molecule has 194 valence electrons. The number of para-hydroxylation sites is 2. The molecule has 3 heterocycles. The molecule has 0 fully saturated rings. The van der Waals surface area contributed by atoms with E-state index >= 15 is 0 Å². The van der Waals surface area contributed by atoms with Crippen LogP contribution in [0.25, 0.3) is 77.8 Å². The summed E-state index contributed by atoms with van der Waals surface area (Å²) < 4.78 is 12.6. The summed E-state index contributed by atoms with van der Waals surface area (Å²) in [5, 5.41) is 14.4. The van der Waals surface area contributed by atoms with Crippen LogP contribution in [0.4, 0.5) is 5.69 Å². The van der Waals surface area contributed by atoms with Gasteiger partial charge < -0.3 is 8.83 Å². The Morgan fingerprint density at radius 1 is 0.610 bits per heavy atom. The molecule has 5 aromatic carbocycles. The number of nitrogens with zero attached hydrogens (tertiary/aromatic N) is 3. The maximum absolute atomic E-state index is 11.8. The Hall–Kier alpha value is -5.82. The molecule has 0 aliphatic rings. The fourth-order valence-electron chi connectivity index (χ4n) is 5.56. The van der Waals surface area contributed by atoms with E-state index in [1.165, 1.54) is 6.07 Å². The van der Waals surface area contributed by atoms with E-state index in [4.69, 9.17) is 18.8 Å². The van der Waals surface area contributed by atoms with Gasteiger partial charge in [-0.2, -0.15) is 0 Å². The molecule has 0 N–H and O–H groups in total. The van der Waals surface area contributed by atoms with E-state index in [9.17, 15) is 10.1 Å². The minimum Gasteiger partial charge on any atom is -0.456 e. The molecule has 0 unspecified atom stereocenters. The first-order valence-electron chi connectivity index (χ1n) is 13.1. The predicted octanol–water partition coefficient (Wildman–Crippen LogP) is 9.18. The van der Waals surface area contributed by atoms with Crippen LogP contribution in [0.3, 0.4) is 0 Å². The molecule has 0 saturated heterocycles. The average Bonchev–Trinajstić information content (AvgIpc) is 3.59. The summed E-state index contributed by atoms with van der Waals surface area (Å²) in [4.78, 5) is 21.4. The van der Waals surface area contributed by atoms with Crippen molar-refractivity contribution in [2.24, 2.45) is 0 Å². The fraction of sp³-hybridized carbons (Fsp3) is 0. The van der Waals surface area contributed by atoms with E-state index in [1.807, 2.05) is 91.0 Å². The Kier molecular flexibility index (Phi) is 4.99. The number of hydrogen-bond donors (Lipinski definition) is 0. The van der Waals surface area contributed by atoms with E-state index < -0.39 is 0 Å². The Bertz CT molecular complexity index is 2300. The largest absolute Gasteiger partial charge is 0.456 e. The zero-order valence-corrected chi connectivity index (χ0v) is 21.4. The molecular weight excluding hydrogens is 514 g/mol. The summed E-state index contributed by atoms with van der Waals surface area (Å²) >= 11 is 0. The average molecular weight is 534 g/mol. The molecule has 0 amide bonds. The smallest absolute Gasteiger partial charge is 0.277 e. The second kappa shape index (κ2) is 8.86. The Morgan fingerprint density at radius 3 is 2.22 bits per heavy atom. The highest BCUT2D eigenvalue weighted by Crippen LogP contribution is 2.42. The fourth-order valence-corrected chi connectivity index (χ4v) is 5.56. The zero-order valence-electron chi connectivity index (χ0n) is 21.4. The molecule has 7 heteroatoms. The van der Waals surface area contributed by atoms with Crippen LogP contribution in [0.15, 0.2) is 124 Å². The molecule has 0 bridgehead atoms. The van der Waals surface area contributed by atoms with E-state index in [2.05, 4.69) is 0 Å². The third-order valence-corrected chi connectivity index (χ3v) is 7.41. The van der Waals surface area contributed by atoms with Gasteiger partial charge in [0.2, 0.25) is 0 Å². The third-order valence-electron chi connectivity index (χ3n) is 7.41. The van der Waals surface area contributed by atoms with Gasteiger partial charge >= 0.3 is 0 Å². The molecule has 0 aliphatic carbocycles. The number of furan rings is 2. The van der Waals surface area contributed by atoms with Crippen LogP contribution < -0.4 is 0 Å². The summed E-state index contributed by atoms with van der Waals surface area (Å²) in [6, 6.07) is 36.0. The summed E-state index contributed by atoms with van der Waals surface area (Å²) in [5.74, 6) is 0.552. The zero-order chi connectivity index (χ0) is 27.5. The second-order valence-electron chi connectivity index (χ2n) is 9.80. The molecule has 0 aliphatic heterocycles. The topological polar surface area (TPSA) is 95.2 Å². The lowest BCUT2D eigenvalue weighted by molar-refractivity contribution is -0.384. The third kappa shape index (κ3) is 3.60. The lowest BCUT2D eigenvalue weighted by atomic mass is 10.0. The van der Waals surface area contributed by atoms with Crippen LogP contribution in [0.2, 0.25) is 0 Å². The van der Waals surface area contributed by atoms with Crippen LogP contribution in [0.5, 0.6) is 0 Å². The van der Waals surface area contributed by atoms with E-state index in [0.29, 0.717) is 39.3 Å². The number of fused-ring (bicyclic) bond motifs is 6. The summed E-state index contributed by atoms with van der Waals surface area (Å²) in [6.45, 7) is 0. The highest BCUT2D eigenvalue weighted by atomic mass is 16.6. The molecular formula is C34H19N3O4. The summed E-state index contributed by atoms with van der Waals surface area (Å²) in [5.41, 5.74) is 7.00. The van der Waals surface area contributed by atoms with Gasteiger partial charge in [-0.3, -0.25) is 10.1 Å². The standard InChI is InChI=1S/C34H19N3O4/c38-37(39)26-14-6-4-11-22(26)21-17-18-28-25(19-21)32-33(41-28)31(35-34(36-32)20-9-2-1-3-10-20)24-13-8-16-29-30(24)23-12-5-7-15-27(23)40-29/h1-19H. The summed E-state index contributed by atoms with van der Waals surface area (Å²) in [7, 11) is 0. The van der Waals surface area contributed by atoms with Crippen molar-refractivity contribution >= 4 is 49.7 Å². The van der Waals surface area contributed by atoms with Crippen molar-refractivity contribution in [3.8, 4) is 33.8 Å². The lowest BCUT2D eigenvalue weighted by Crippen LogP contribution is -1.94. The second-order valence-corrected chi connectivity index (χ2v) is 9.80. The Morgan fingerprint density at radius 2 is 1.34 bits per heavy atom. The van der Waals surface area contributed by atoms with Crippen LogP contribution >= 0.6 is 0 Å². The van der Waals surface area contributed by atoms with Gasteiger partial charge in [-0.1, -0.05) is 78.9 Å². The maximum atomic E-state index is 11.8. The maximum Gasteiger partial charge on any atom is 0.277 e. The highest BCUT2D eigenvalue weighted by molar-refractivity contribution is 6.16. The molecule has 8 aromatic rings. The van der Waals surface area contributed by atoms with Gasteiger partial charge in [-0.05, 0) is 35.9 Å². The van der Waals surface area contributed by atoms with Crippen LogP contribution in [-0.2, 0) is 0 Å². The Balaban J connectivity index is 1.46. The number of benzene rings is 5. The van der Waals surface area contributed by atoms with Crippen molar-refractivity contribution in [1.82, 2.24) is 9.97 Å². The van der Waals surface area contributed by atoms with Crippen molar-refractivity contribution < 1.29 is 13.8 Å². The van der Waals surface area contributed by atoms with Gasteiger partial charge in [0, 0.05) is 33.4 Å². The lowest BCUT2D eigenvalue weighted by Gasteiger charge is -2.07. The van der Waals surface area contributed by atoms with E-state index in [1.54, 1.807) is 18.2 Å². The van der Waals surface area contributed by atoms with Crippen LogP contribution in [0, 0.1) is 10.1 Å². The van der Waals surface area contributed by atoms with Gasteiger partial charge in [0.1, 0.15) is 28.0 Å². The molecule has 41 heavy (non-hydrogen) atoms.